The first-order valence-corrected chi connectivity index (χ1v) is 5.82. The predicted molar refractivity (Wildman–Crippen MR) is 66.1 cm³/mol. The van der Waals surface area contributed by atoms with E-state index in [2.05, 4.69) is 15.0 Å². The van der Waals surface area contributed by atoms with Crippen molar-refractivity contribution in [2.24, 2.45) is 0 Å². The number of anilines is 1. The Morgan fingerprint density at radius 2 is 2.00 bits per heavy atom. The molecule has 2 heterocycles. The quantitative estimate of drug-likeness (QED) is 0.837. The highest BCUT2D eigenvalue weighted by atomic mass is 35.5. The molecule has 2 aromatic rings. The lowest BCUT2D eigenvalue weighted by Gasteiger charge is -2.18. The van der Waals surface area contributed by atoms with Crippen LogP contribution in [0.5, 0.6) is 0 Å². The molecule has 17 heavy (non-hydrogen) atoms. The summed E-state index contributed by atoms with van der Waals surface area (Å²) in [5.74, 6) is 1.61. The molecule has 0 aliphatic heterocycles. The fourth-order valence-corrected chi connectivity index (χ4v) is 1.66. The molecule has 90 valence electrons. The number of rotatable bonds is 4. The Labute approximate surface area is 104 Å². The van der Waals surface area contributed by atoms with Gasteiger partial charge in [0.25, 0.3) is 0 Å². The second kappa shape index (κ2) is 5.14. The number of aromatic nitrogens is 3. The molecule has 6 heteroatoms. The molecule has 0 spiro atoms. The highest BCUT2D eigenvalue weighted by molar-refractivity contribution is 6.28. The van der Waals surface area contributed by atoms with E-state index in [1.165, 1.54) is 0 Å². The molecule has 0 aliphatic carbocycles. The van der Waals surface area contributed by atoms with Gasteiger partial charge in [0.2, 0.25) is 17.1 Å². The van der Waals surface area contributed by atoms with Gasteiger partial charge >= 0.3 is 0 Å². The highest BCUT2D eigenvalue weighted by Gasteiger charge is 2.12. The lowest BCUT2D eigenvalue weighted by atomic mass is 10.4. The van der Waals surface area contributed by atoms with Gasteiger partial charge in [0, 0.05) is 13.1 Å². The minimum absolute atomic E-state index is 0.174. The van der Waals surface area contributed by atoms with Gasteiger partial charge in [-0.1, -0.05) is 0 Å². The van der Waals surface area contributed by atoms with Crippen molar-refractivity contribution in [1.82, 2.24) is 15.0 Å². The average molecular weight is 253 g/mol. The van der Waals surface area contributed by atoms with Crippen LogP contribution in [0.2, 0.25) is 5.28 Å². The van der Waals surface area contributed by atoms with E-state index in [4.69, 9.17) is 16.0 Å². The van der Waals surface area contributed by atoms with Crippen LogP contribution in [0, 0.1) is 0 Å². The number of furan rings is 1. The van der Waals surface area contributed by atoms with Crippen molar-refractivity contribution in [3.8, 4) is 11.6 Å². The lowest BCUT2D eigenvalue weighted by Crippen LogP contribution is -2.24. The summed E-state index contributed by atoms with van der Waals surface area (Å²) in [6.07, 6.45) is 1.57. The SMILES string of the molecule is CCN(CC)c1nc(Cl)nc(-c2ccco2)n1. The molecule has 0 unspecified atom stereocenters. The predicted octanol–water partition coefficient (Wildman–Crippen LogP) is 2.63. The molecule has 2 aromatic heterocycles. The van der Waals surface area contributed by atoms with Crippen molar-refractivity contribution < 1.29 is 4.42 Å². The van der Waals surface area contributed by atoms with Crippen molar-refractivity contribution in [3.05, 3.63) is 23.7 Å². The Balaban J connectivity index is 2.42. The molecule has 0 saturated carbocycles. The number of halogens is 1. The standard InChI is InChI=1S/C11H13ClN4O/c1-3-16(4-2)11-14-9(13-10(12)15-11)8-6-5-7-17-8/h5-7H,3-4H2,1-2H3. The van der Waals surface area contributed by atoms with Crippen LogP contribution >= 0.6 is 11.6 Å². The van der Waals surface area contributed by atoms with Crippen LogP contribution in [0.25, 0.3) is 11.6 Å². The van der Waals surface area contributed by atoms with E-state index in [-0.39, 0.29) is 5.28 Å². The van der Waals surface area contributed by atoms with Gasteiger partial charge in [-0.15, -0.1) is 0 Å². The molecule has 0 fully saturated rings. The van der Waals surface area contributed by atoms with E-state index < -0.39 is 0 Å². The molecule has 0 saturated heterocycles. The molecule has 0 aromatic carbocycles. The minimum atomic E-state index is 0.174. The fourth-order valence-electron chi connectivity index (χ4n) is 1.50. The molecular formula is C11H13ClN4O. The van der Waals surface area contributed by atoms with Crippen molar-refractivity contribution in [3.63, 3.8) is 0 Å². The Morgan fingerprint density at radius 3 is 2.59 bits per heavy atom. The third-order valence-electron chi connectivity index (χ3n) is 2.38. The summed E-state index contributed by atoms with van der Waals surface area (Å²) in [6.45, 7) is 5.70. The zero-order valence-corrected chi connectivity index (χ0v) is 10.5. The molecule has 0 radical (unpaired) electrons. The van der Waals surface area contributed by atoms with E-state index in [1.807, 2.05) is 18.7 Å². The third kappa shape index (κ3) is 2.55. The lowest BCUT2D eigenvalue weighted by molar-refractivity contribution is 0.576. The monoisotopic (exact) mass is 252 g/mol. The maximum absolute atomic E-state index is 5.89. The Hall–Kier alpha value is -1.62. The van der Waals surface area contributed by atoms with E-state index in [0.29, 0.717) is 17.5 Å². The van der Waals surface area contributed by atoms with Crippen LogP contribution in [0.4, 0.5) is 5.95 Å². The van der Waals surface area contributed by atoms with Crippen LogP contribution in [-0.4, -0.2) is 28.0 Å². The molecule has 2 rings (SSSR count). The van der Waals surface area contributed by atoms with Gasteiger partial charge in [0.15, 0.2) is 5.76 Å². The van der Waals surface area contributed by atoms with Crippen LogP contribution in [0.1, 0.15) is 13.8 Å². The second-order valence-electron chi connectivity index (χ2n) is 3.38. The molecule has 0 N–H and O–H groups in total. The molecule has 0 atom stereocenters. The van der Waals surface area contributed by atoms with Crippen LogP contribution in [0.15, 0.2) is 22.8 Å². The van der Waals surface area contributed by atoms with Gasteiger partial charge in [-0.05, 0) is 37.6 Å². The van der Waals surface area contributed by atoms with Gasteiger partial charge in [-0.3, -0.25) is 0 Å². The number of hydrogen-bond donors (Lipinski definition) is 0. The molecule has 0 bridgehead atoms. The maximum Gasteiger partial charge on any atom is 0.230 e. The van der Waals surface area contributed by atoms with E-state index in [0.717, 1.165) is 13.1 Å². The van der Waals surface area contributed by atoms with E-state index in [1.54, 1.807) is 18.4 Å². The first-order valence-electron chi connectivity index (χ1n) is 5.45. The van der Waals surface area contributed by atoms with Crippen LogP contribution in [0.3, 0.4) is 0 Å². The van der Waals surface area contributed by atoms with Crippen molar-refractivity contribution in [1.29, 1.82) is 0 Å². The van der Waals surface area contributed by atoms with Gasteiger partial charge in [-0.25, -0.2) is 0 Å². The van der Waals surface area contributed by atoms with E-state index in [9.17, 15) is 0 Å². The molecule has 5 nitrogen and oxygen atoms in total. The summed E-state index contributed by atoms with van der Waals surface area (Å²) >= 11 is 5.89. The fraction of sp³-hybridized carbons (Fsp3) is 0.364. The third-order valence-corrected chi connectivity index (χ3v) is 2.55. The summed E-state index contributed by atoms with van der Waals surface area (Å²) < 4.78 is 5.25. The van der Waals surface area contributed by atoms with Crippen molar-refractivity contribution >= 4 is 17.5 Å². The van der Waals surface area contributed by atoms with Crippen molar-refractivity contribution in [2.75, 3.05) is 18.0 Å². The van der Waals surface area contributed by atoms with E-state index >= 15 is 0 Å². The van der Waals surface area contributed by atoms with Crippen LogP contribution in [-0.2, 0) is 0 Å². The van der Waals surface area contributed by atoms with Gasteiger partial charge < -0.3 is 9.32 Å². The topological polar surface area (TPSA) is 55.1 Å². The summed E-state index contributed by atoms with van der Waals surface area (Å²) in [5.41, 5.74) is 0. The Bertz CT molecular complexity index is 482. The zero-order valence-electron chi connectivity index (χ0n) is 9.72. The van der Waals surface area contributed by atoms with Crippen molar-refractivity contribution in [2.45, 2.75) is 13.8 Å². The number of hydrogen-bond acceptors (Lipinski definition) is 5. The zero-order chi connectivity index (χ0) is 12.3. The summed E-state index contributed by atoms with van der Waals surface area (Å²) in [6, 6.07) is 3.57. The summed E-state index contributed by atoms with van der Waals surface area (Å²) in [7, 11) is 0. The largest absolute Gasteiger partial charge is 0.461 e. The second-order valence-corrected chi connectivity index (χ2v) is 3.72. The highest BCUT2D eigenvalue weighted by Crippen LogP contribution is 2.19. The van der Waals surface area contributed by atoms with Gasteiger partial charge in [0.05, 0.1) is 6.26 Å². The van der Waals surface area contributed by atoms with Gasteiger partial charge in [-0.2, -0.15) is 15.0 Å². The molecular weight excluding hydrogens is 240 g/mol. The molecule has 0 aliphatic rings. The first-order chi connectivity index (χ1) is 8.24. The van der Waals surface area contributed by atoms with Crippen LogP contribution < -0.4 is 4.90 Å². The Morgan fingerprint density at radius 1 is 1.24 bits per heavy atom. The average Bonchev–Trinajstić information content (AvgIpc) is 2.83. The number of nitrogens with zero attached hydrogens (tertiary/aromatic N) is 4. The normalized spacial score (nSPS) is 10.5. The maximum atomic E-state index is 5.89. The smallest absolute Gasteiger partial charge is 0.230 e. The first kappa shape index (κ1) is 11.9. The molecule has 0 amide bonds. The summed E-state index contributed by atoms with van der Waals surface area (Å²) in [4.78, 5) is 14.5. The Kier molecular flexibility index (Phi) is 3.58. The minimum Gasteiger partial charge on any atom is -0.461 e. The van der Waals surface area contributed by atoms with Gasteiger partial charge in [0.1, 0.15) is 0 Å². The summed E-state index contributed by atoms with van der Waals surface area (Å²) in [5, 5.41) is 0.174.